The van der Waals surface area contributed by atoms with Crippen LogP contribution in [0.3, 0.4) is 0 Å². The maximum absolute atomic E-state index is 7.28. The predicted molar refractivity (Wildman–Crippen MR) is 146 cm³/mol. The van der Waals surface area contributed by atoms with Crippen LogP contribution in [0, 0.1) is 0 Å². The van der Waals surface area contributed by atoms with Crippen LogP contribution in [0.2, 0.25) is 64.0 Å². The summed E-state index contributed by atoms with van der Waals surface area (Å²) in [5.74, 6) is 0. The van der Waals surface area contributed by atoms with Gasteiger partial charge in [-0.3, -0.25) is 0 Å². The van der Waals surface area contributed by atoms with Crippen molar-refractivity contribution in [1.29, 1.82) is 0 Å². The lowest BCUT2D eigenvalue weighted by molar-refractivity contribution is 0.00656. The molecule has 0 aromatic rings. The molecular weight excluding hydrogens is 437 g/mol. The molecule has 0 spiro atoms. The molecule has 5 atom stereocenters. The third kappa shape index (κ3) is 6.87. The van der Waals surface area contributed by atoms with Gasteiger partial charge in [-0.1, -0.05) is 47.3 Å². The minimum absolute atomic E-state index is 0.00884. The normalized spacial score (nSPS) is 22.0. The van der Waals surface area contributed by atoms with Crippen LogP contribution in [0.15, 0.2) is 0 Å². The molecule has 0 aromatic carbocycles. The van der Waals surface area contributed by atoms with E-state index in [0.717, 1.165) is 19.3 Å². The highest BCUT2D eigenvalue weighted by molar-refractivity contribution is 6.81. The first-order valence-corrected chi connectivity index (χ1v) is 24.3. The van der Waals surface area contributed by atoms with Gasteiger partial charge in [0.2, 0.25) is 9.04 Å². The molecule has 7 heteroatoms. The van der Waals surface area contributed by atoms with Gasteiger partial charge in [0, 0.05) is 10.3 Å². The Hall–Kier alpha value is 0.748. The van der Waals surface area contributed by atoms with Gasteiger partial charge in [0.25, 0.3) is 0 Å². The Kier molecular flexibility index (Phi) is 10.6. The van der Waals surface area contributed by atoms with Crippen molar-refractivity contribution in [3.8, 4) is 0 Å². The van der Waals surface area contributed by atoms with E-state index in [-0.39, 0.29) is 21.6 Å². The molecule has 0 heterocycles. The Morgan fingerprint density at radius 2 is 1.27 bits per heavy atom. The fourth-order valence-electron chi connectivity index (χ4n) is 4.63. The second kappa shape index (κ2) is 10.3. The molecule has 0 bridgehead atoms. The molecule has 3 nitrogen and oxygen atoms in total. The fraction of sp³-hybridized carbons (Fsp3) is 1.00. The lowest BCUT2D eigenvalue weighted by atomic mass is 9.85. The molecule has 0 N–H and O–H groups in total. The van der Waals surface area contributed by atoms with Crippen LogP contribution in [0.5, 0.6) is 0 Å². The van der Waals surface area contributed by atoms with E-state index in [1.54, 1.807) is 0 Å². The van der Waals surface area contributed by atoms with Crippen molar-refractivity contribution < 1.29 is 13.3 Å². The van der Waals surface area contributed by atoms with Gasteiger partial charge < -0.3 is 13.3 Å². The second-order valence-corrected chi connectivity index (χ2v) is 29.4. The average Bonchev–Trinajstić information content (AvgIpc) is 2.57. The molecule has 0 saturated heterocycles. The number of rotatable bonds is 13. The summed E-state index contributed by atoms with van der Waals surface area (Å²) >= 11 is 0. The van der Waals surface area contributed by atoms with Crippen LogP contribution < -0.4 is 0 Å². The van der Waals surface area contributed by atoms with Crippen molar-refractivity contribution in [2.45, 2.75) is 148 Å². The zero-order valence-corrected chi connectivity index (χ0v) is 27.7. The van der Waals surface area contributed by atoms with E-state index in [2.05, 4.69) is 107 Å². The molecule has 0 aliphatic rings. The first-order chi connectivity index (χ1) is 13.2. The first kappa shape index (κ1) is 30.7. The number of hydrogen-bond donors (Lipinski definition) is 0. The van der Waals surface area contributed by atoms with Crippen molar-refractivity contribution in [1.82, 2.24) is 0 Å². The van der Waals surface area contributed by atoms with Gasteiger partial charge in [-0.15, -0.1) is 0 Å². The largest absolute Gasteiger partial charge is 0.416 e. The molecule has 0 rings (SSSR count). The molecule has 30 heavy (non-hydrogen) atoms. The van der Waals surface area contributed by atoms with Crippen LogP contribution in [-0.2, 0) is 13.3 Å². The zero-order valence-electron chi connectivity index (χ0n) is 23.5. The molecule has 182 valence electrons. The first-order valence-electron chi connectivity index (χ1n) is 12.2. The van der Waals surface area contributed by atoms with Crippen LogP contribution in [-0.4, -0.2) is 50.3 Å². The molecule has 0 radical (unpaired) electrons. The van der Waals surface area contributed by atoms with Crippen LogP contribution in [0.1, 0.15) is 67.7 Å². The summed E-state index contributed by atoms with van der Waals surface area (Å²) in [5, 5.41) is 0.00998. The van der Waals surface area contributed by atoms with Gasteiger partial charge in [-0.05, 0) is 79.3 Å². The van der Waals surface area contributed by atoms with E-state index in [1.807, 2.05) is 0 Å². The lowest BCUT2D eigenvalue weighted by Gasteiger charge is -2.58. The van der Waals surface area contributed by atoms with Gasteiger partial charge in [-0.25, -0.2) is 0 Å². The summed E-state index contributed by atoms with van der Waals surface area (Å²) in [6.07, 6.45) is 3.16. The third-order valence-corrected chi connectivity index (χ3v) is 20.3. The number of hydrogen-bond acceptors (Lipinski definition) is 3. The molecule has 0 aliphatic heterocycles. The van der Waals surface area contributed by atoms with Crippen molar-refractivity contribution >= 4 is 33.7 Å². The highest BCUT2D eigenvalue weighted by Crippen LogP contribution is 2.55. The zero-order chi connectivity index (χ0) is 24.4. The van der Waals surface area contributed by atoms with Crippen LogP contribution in [0.25, 0.3) is 0 Å². The van der Waals surface area contributed by atoms with E-state index in [1.165, 1.54) is 0 Å². The van der Waals surface area contributed by atoms with Crippen LogP contribution >= 0.6 is 0 Å². The monoisotopic (exact) mass is 492 g/mol. The third-order valence-electron chi connectivity index (χ3n) is 8.27. The average molecular weight is 493 g/mol. The van der Waals surface area contributed by atoms with Crippen molar-refractivity contribution in [2.24, 2.45) is 0 Å². The SMILES string of the molecule is CCC(C)(O[SiH](C)[C@@H](C)O[Si](C)(C)C)C(C)(CC)[Si](C)(C)OC(C)(CC)[Si](C)(C)C. The van der Waals surface area contributed by atoms with E-state index in [0.29, 0.717) is 0 Å². The Bertz CT molecular complexity index is 544. The molecule has 0 aliphatic carbocycles. The van der Waals surface area contributed by atoms with E-state index in [9.17, 15) is 0 Å². The standard InChI is InChI=1S/C23H56O3Si4/c1-17-21(5,25-27(8)20(4)24-29(12,13)14)22(6,18-2)30(15,16)26-23(7,19-3)28(9,10)11/h20,27H,17-19H2,1-16H3/t20-,21?,22?,23?,27?/m0/s1. The van der Waals surface area contributed by atoms with E-state index < -0.39 is 33.7 Å². The van der Waals surface area contributed by atoms with Gasteiger partial charge in [0.15, 0.2) is 16.6 Å². The maximum Gasteiger partial charge on any atom is 0.201 e. The van der Waals surface area contributed by atoms with Gasteiger partial charge in [0.05, 0.1) is 19.4 Å². The molecule has 0 saturated carbocycles. The minimum Gasteiger partial charge on any atom is -0.416 e. The summed E-state index contributed by atoms with van der Waals surface area (Å²) in [6.45, 7) is 37.7. The lowest BCUT2D eigenvalue weighted by Crippen LogP contribution is -2.64. The second-order valence-electron chi connectivity index (χ2n) is 12.5. The molecular formula is C23H56O3Si4. The minimum atomic E-state index is -2.13. The van der Waals surface area contributed by atoms with Crippen molar-refractivity contribution in [2.75, 3.05) is 0 Å². The Labute approximate surface area is 195 Å². The summed E-state index contributed by atoms with van der Waals surface area (Å²) in [4.78, 5) is 0. The summed E-state index contributed by atoms with van der Waals surface area (Å²) in [7, 11) is -6.73. The summed E-state index contributed by atoms with van der Waals surface area (Å²) in [5.41, 5.74) is 0.0334. The van der Waals surface area contributed by atoms with Crippen molar-refractivity contribution in [3.63, 3.8) is 0 Å². The van der Waals surface area contributed by atoms with Crippen LogP contribution in [0.4, 0.5) is 0 Å². The quantitative estimate of drug-likeness (QED) is 0.246. The molecule has 0 amide bonds. The highest BCUT2D eigenvalue weighted by atomic mass is 28.4. The van der Waals surface area contributed by atoms with Gasteiger partial charge in [-0.2, -0.15) is 0 Å². The fourth-order valence-corrected chi connectivity index (χ4v) is 16.2. The maximum atomic E-state index is 7.28. The Balaban J connectivity index is 6.03. The van der Waals surface area contributed by atoms with Gasteiger partial charge >= 0.3 is 0 Å². The van der Waals surface area contributed by atoms with E-state index in [4.69, 9.17) is 13.3 Å². The molecule has 4 unspecified atom stereocenters. The molecule has 0 fully saturated rings. The van der Waals surface area contributed by atoms with Gasteiger partial charge in [0.1, 0.15) is 0 Å². The topological polar surface area (TPSA) is 27.7 Å². The Morgan fingerprint density at radius 1 is 0.800 bits per heavy atom. The summed E-state index contributed by atoms with van der Waals surface area (Å²) in [6, 6.07) is 0. The molecule has 0 aromatic heterocycles. The smallest absolute Gasteiger partial charge is 0.201 e. The van der Waals surface area contributed by atoms with Crippen molar-refractivity contribution in [3.05, 3.63) is 0 Å². The highest BCUT2D eigenvalue weighted by Gasteiger charge is 2.58. The predicted octanol–water partition coefficient (Wildman–Crippen LogP) is 7.74. The Morgan fingerprint density at radius 3 is 1.57 bits per heavy atom. The van der Waals surface area contributed by atoms with E-state index >= 15 is 0 Å². The summed E-state index contributed by atoms with van der Waals surface area (Å²) < 4.78 is 20.8.